The van der Waals surface area contributed by atoms with Crippen LogP contribution in [0.25, 0.3) is 0 Å². The highest BCUT2D eigenvalue weighted by molar-refractivity contribution is 9.10. The van der Waals surface area contributed by atoms with E-state index in [1.165, 1.54) is 12.1 Å². The normalized spacial score (nSPS) is 11.6. The third-order valence-electron chi connectivity index (χ3n) is 3.90. The second-order valence-electron chi connectivity index (χ2n) is 5.88. The van der Waals surface area contributed by atoms with Crippen molar-refractivity contribution in [3.05, 3.63) is 70.0 Å². The van der Waals surface area contributed by atoms with Crippen molar-refractivity contribution in [1.82, 2.24) is 14.8 Å². The largest absolute Gasteiger partial charge is 0.486 e. The van der Waals surface area contributed by atoms with E-state index in [0.717, 1.165) is 33.1 Å². The number of hydrogen-bond donors (Lipinski definition) is 0. The lowest BCUT2D eigenvalue weighted by atomic mass is 10.2. The lowest BCUT2D eigenvalue weighted by Crippen LogP contribution is -2.08. The molecular formula is C19H17BrF3N3OS. The molecule has 4 nitrogen and oxygen atoms in total. The van der Waals surface area contributed by atoms with Crippen LogP contribution in [-0.4, -0.2) is 14.8 Å². The topological polar surface area (TPSA) is 39.9 Å². The Hall–Kier alpha value is -2.00. The molecule has 0 saturated heterocycles. The Labute approximate surface area is 173 Å². The molecule has 3 rings (SSSR count). The third kappa shape index (κ3) is 5.29. The van der Waals surface area contributed by atoms with E-state index >= 15 is 0 Å². The van der Waals surface area contributed by atoms with E-state index in [9.17, 15) is 13.2 Å². The summed E-state index contributed by atoms with van der Waals surface area (Å²) in [6.45, 7) is 2.63. The number of benzene rings is 2. The zero-order valence-corrected chi connectivity index (χ0v) is 17.3. The van der Waals surface area contributed by atoms with Gasteiger partial charge in [0.15, 0.2) is 11.0 Å². The van der Waals surface area contributed by atoms with Crippen LogP contribution in [0.1, 0.15) is 23.9 Å². The molecule has 0 saturated carbocycles. The molecule has 28 heavy (non-hydrogen) atoms. The smallest absolute Gasteiger partial charge is 0.416 e. The standard InChI is InChI=1S/C19H17BrF3N3OS/c1-2-26-17(11-27-16-8-4-6-14(10-16)19(21,22)23)24-25-18(26)28-12-13-5-3-7-15(20)9-13/h3-10H,2,11-12H2,1H3. The van der Waals surface area contributed by atoms with Crippen LogP contribution in [0.15, 0.2) is 58.2 Å². The number of ether oxygens (including phenoxy) is 1. The zero-order chi connectivity index (χ0) is 20.1. The maximum Gasteiger partial charge on any atom is 0.416 e. The Morgan fingerprint density at radius 3 is 2.61 bits per heavy atom. The van der Waals surface area contributed by atoms with Gasteiger partial charge in [0.1, 0.15) is 12.4 Å². The number of rotatable bonds is 7. The summed E-state index contributed by atoms with van der Waals surface area (Å²) in [6, 6.07) is 12.8. The Kier molecular flexibility index (Phi) is 6.66. The summed E-state index contributed by atoms with van der Waals surface area (Å²) in [6.07, 6.45) is -4.40. The highest BCUT2D eigenvalue weighted by Gasteiger charge is 2.30. The second kappa shape index (κ2) is 9.00. The van der Waals surface area contributed by atoms with Gasteiger partial charge in [0.05, 0.1) is 5.56 Å². The molecule has 0 atom stereocenters. The minimum atomic E-state index is -4.40. The first-order chi connectivity index (χ1) is 13.4. The first-order valence-corrected chi connectivity index (χ1v) is 10.2. The first kappa shape index (κ1) is 20.7. The fourth-order valence-corrected chi connectivity index (χ4v) is 3.95. The van der Waals surface area contributed by atoms with Gasteiger partial charge in [-0.1, -0.05) is 45.9 Å². The maximum absolute atomic E-state index is 12.8. The van der Waals surface area contributed by atoms with Gasteiger partial charge in [-0.05, 0) is 42.8 Å². The van der Waals surface area contributed by atoms with Crippen LogP contribution < -0.4 is 4.74 Å². The molecule has 148 valence electrons. The van der Waals surface area contributed by atoms with Crippen molar-refractivity contribution in [1.29, 1.82) is 0 Å². The fraction of sp³-hybridized carbons (Fsp3) is 0.263. The molecule has 1 heterocycles. The minimum Gasteiger partial charge on any atom is -0.486 e. The molecule has 3 aromatic rings. The predicted octanol–water partition coefficient (Wildman–Crippen LogP) is 5.95. The van der Waals surface area contributed by atoms with Crippen molar-refractivity contribution in [3.8, 4) is 5.75 Å². The minimum absolute atomic E-state index is 0.0413. The summed E-state index contributed by atoms with van der Waals surface area (Å²) in [7, 11) is 0. The number of nitrogens with zero attached hydrogens (tertiary/aromatic N) is 3. The molecular weight excluding hydrogens is 455 g/mol. The van der Waals surface area contributed by atoms with E-state index in [1.807, 2.05) is 35.8 Å². The van der Waals surface area contributed by atoms with Gasteiger partial charge < -0.3 is 9.30 Å². The van der Waals surface area contributed by atoms with Gasteiger partial charge >= 0.3 is 6.18 Å². The monoisotopic (exact) mass is 471 g/mol. The van der Waals surface area contributed by atoms with E-state index in [0.29, 0.717) is 12.4 Å². The molecule has 0 aliphatic carbocycles. The quantitative estimate of drug-likeness (QED) is 0.399. The fourth-order valence-electron chi connectivity index (χ4n) is 2.53. The first-order valence-electron chi connectivity index (χ1n) is 8.46. The predicted molar refractivity (Wildman–Crippen MR) is 105 cm³/mol. The highest BCUT2D eigenvalue weighted by atomic mass is 79.9. The Balaban J connectivity index is 1.67. The highest BCUT2D eigenvalue weighted by Crippen LogP contribution is 2.31. The Morgan fingerprint density at radius 1 is 1.11 bits per heavy atom. The Morgan fingerprint density at radius 2 is 1.89 bits per heavy atom. The van der Waals surface area contributed by atoms with Crippen LogP contribution in [0.3, 0.4) is 0 Å². The van der Waals surface area contributed by atoms with Crippen LogP contribution in [-0.2, 0) is 25.1 Å². The van der Waals surface area contributed by atoms with Gasteiger partial charge in [-0.3, -0.25) is 0 Å². The second-order valence-corrected chi connectivity index (χ2v) is 7.73. The molecule has 0 aliphatic rings. The van der Waals surface area contributed by atoms with E-state index in [2.05, 4.69) is 26.1 Å². The molecule has 0 aliphatic heterocycles. The van der Waals surface area contributed by atoms with Gasteiger partial charge in [-0.15, -0.1) is 10.2 Å². The number of halogens is 4. The van der Waals surface area contributed by atoms with Crippen LogP contribution >= 0.6 is 27.7 Å². The van der Waals surface area contributed by atoms with Gasteiger partial charge in [-0.25, -0.2) is 0 Å². The van der Waals surface area contributed by atoms with Crippen LogP contribution in [0.4, 0.5) is 13.2 Å². The van der Waals surface area contributed by atoms with Crippen LogP contribution in [0, 0.1) is 0 Å². The van der Waals surface area contributed by atoms with Gasteiger partial charge in [0.2, 0.25) is 0 Å². The molecule has 0 radical (unpaired) electrons. The van der Waals surface area contributed by atoms with Gasteiger partial charge in [0.25, 0.3) is 0 Å². The lowest BCUT2D eigenvalue weighted by Gasteiger charge is -2.11. The van der Waals surface area contributed by atoms with E-state index in [-0.39, 0.29) is 12.4 Å². The number of hydrogen-bond acceptors (Lipinski definition) is 4. The van der Waals surface area contributed by atoms with E-state index < -0.39 is 11.7 Å². The van der Waals surface area contributed by atoms with Crippen molar-refractivity contribution in [2.75, 3.05) is 0 Å². The van der Waals surface area contributed by atoms with Crippen molar-refractivity contribution in [2.24, 2.45) is 0 Å². The molecule has 0 fully saturated rings. The van der Waals surface area contributed by atoms with E-state index in [4.69, 9.17) is 4.74 Å². The number of thioether (sulfide) groups is 1. The molecule has 1 aromatic heterocycles. The summed E-state index contributed by atoms with van der Waals surface area (Å²) >= 11 is 5.00. The molecule has 0 spiro atoms. The van der Waals surface area contributed by atoms with Crippen LogP contribution in [0.5, 0.6) is 5.75 Å². The van der Waals surface area contributed by atoms with E-state index in [1.54, 1.807) is 11.8 Å². The van der Waals surface area contributed by atoms with Gasteiger partial charge in [0, 0.05) is 16.8 Å². The zero-order valence-electron chi connectivity index (χ0n) is 14.9. The van der Waals surface area contributed by atoms with Gasteiger partial charge in [-0.2, -0.15) is 13.2 Å². The Bertz CT molecular complexity index is 946. The average molecular weight is 472 g/mol. The summed E-state index contributed by atoms with van der Waals surface area (Å²) in [5.74, 6) is 1.44. The van der Waals surface area contributed by atoms with Crippen molar-refractivity contribution in [2.45, 2.75) is 37.2 Å². The third-order valence-corrected chi connectivity index (χ3v) is 5.43. The summed E-state index contributed by atoms with van der Waals surface area (Å²) in [5, 5.41) is 9.08. The molecule has 2 aromatic carbocycles. The summed E-state index contributed by atoms with van der Waals surface area (Å²) < 4.78 is 46.9. The van der Waals surface area contributed by atoms with Crippen molar-refractivity contribution in [3.63, 3.8) is 0 Å². The van der Waals surface area contributed by atoms with Crippen LogP contribution in [0.2, 0.25) is 0 Å². The molecule has 0 unspecified atom stereocenters. The SMILES string of the molecule is CCn1c(COc2cccc(C(F)(F)F)c2)nnc1SCc1cccc(Br)c1. The molecule has 9 heteroatoms. The molecule has 0 bridgehead atoms. The maximum atomic E-state index is 12.8. The van der Waals surface area contributed by atoms with Crippen molar-refractivity contribution >= 4 is 27.7 Å². The molecule has 0 N–H and O–H groups in total. The lowest BCUT2D eigenvalue weighted by molar-refractivity contribution is -0.137. The number of aromatic nitrogens is 3. The number of alkyl halides is 3. The van der Waals surface area contributed by atoms with Crippen molar-refractivity contribution < 1.29 is 17.9 Å². The summed E-state index contributed by atoms with van der Waals surface area (Å²) in [5.41, 5.74) is 0.402. The average Bonchev–Trinajstić information content (AvgIpc) is 3.06. The summed E-state index contributed by atoms with van der Waals surface area (Å²) in [4.78, 5) is 0. The molecule has 0 amide bonds.